The summed E-state index contributed by atoms with van der Waals surface area (Å²) in [6.07, 6.45) is -0.310. The second-order valence-corrected chi connectivity index (χ2v) is 4.88. The van der Waals surface area contributed by atoms with E-state index >= 15 is 0 Å². The van der Waals surface area contributed by atoms with E-state index in [4.69, 9.17) is 10.5 Å². The first-order valence-electron chi connectivity index (χ1n) is 7.15. The summed E-state index contributed by atoms with van der Waals surface area (Å²) >= 11 is 0. The van der Waals surface area contributed by atoms with Crippen LogP contribution in [0.3, 0.4) is 0 Å². The van der Waals surface area contributed by atoms with Crippen molar-refractivity contribution in [1.82, 2.24) is 9.80 Å². The molecule has 1 aromatic carbocycles. The van der Waals surface area contributed by atoms with Crippen LogP contribution in [-0.4, -0.2) is 54.6 Å². The van der Waals surface area contributed by atoms with Crippen LogP contribution in [0.4, 0.5) is 4.79 Å². The summed E-state index contributed by atoms with van der Waals surface area (Å²) < 4.78 is 4.96. The monoisotopic (exact) mass is 291 g/mol. The number of hydrogen-bond donors (Lipinski definition) is 1. The van der Waals surface area contributed by atoms with Crippen LogP contribution < -0.4 is 5.73 Å². The van der Waals surface area contributed by atoms with E-state index in [0.717, 1.165) is 5.56 Å². The maximum atomic E-state index is 12.4. The molecule has 6 nitrogen and oxygen atoms in total. The maximum absolute atomic E-state index is 12.4. The number of rotatable bonds is 3. The third-order valence-electron chi connectivity index (χ3n) is 3.50. The summed E-state index contributed by atoms with van der Waals surface area (Å²) in [6, 6.07) is 7.35. The van der Waals surface area contributed by atoms with Crippen molar-refractivity contribution in [1.29, 1.82) is 0 Å². The van der Waals surface area contributed by atoms with Gasteiger partial charge in [0.05, 0.1) is 6.61 Å². The molecule has 0 radical (unpaired) electrons. The summed E-state index contributed by atoms with van der Waals surface area (Å²) in [7, 11) is 0. The Bertz CT molecular complexity index is 511. The van der Waals surface area contributed by atoms with Crippen LogP contribution in [-0.2, 0) is 11.3 Å². The van der Waals surface area contributed by atoms with Crippen LogP contribution in [0.1, 0.15) is 22.8 Å². The average Bonchev–Trinajstić information content (AvgIpc) is 2.54. The molecule has 0 aliphatic carbocycles. The quantitative estimate of drug-likeness (QED) is 0.903. The highest BCUT2D eigenvalue weighted by Crippen LogP contribution is 2.11. The number of carbonyl (C=O) groups excluding carboxylic acids is 2. The number of hydrogen-bond acceptors (Lipinski definition) is 4. The molecule has 6 heteroatoms. The van der Waals surface area contributed by atoms with Gasteiger partial charge in [-0.05, 0) is 24.6 Å². The van der Waals surface area contributed by atoms with Gasteiger partial charge in [0.2, 0.25) is 0 Å². The van der Waals surface area contributed by atoms with Gasteiger partial charge in [0.15, 0.2) is 0 Å². The summed E-state index contributed by atoms with van der Waals surface area (Å²) in [6.45, 7) is 4.60. The third kappa shape index (κ3) is 3.72. The molecule has 0 aromatic heterocycles. The van der Waals surface area contributed by atoms with Crippen molar-refractivity contribution in [3.05, 3.63) is 35.4 Å². The van der Waals surface area contributed by atoms with Crippen molar-refractivity contribution in [3.8, 4) is 0 Å². The van der Waals surface area contributed by atoms with Crippen LogP contribution in [0.5, 0.6) is 0 Å². The summed E-state index contributed by atoms with van der Waals surface area (Å²) in [5, 5.41) is 0. The first-order valence-corrected chi connectivity index (χ1v) is 7.15. The lowest BCUT2D eigenvalue weighted by Crippen LogP contribution is -2.50. The minimum atomic E-state index is -0.310. The molecule has 1 aliphatic heterocycles. The first kappa shape index (κ1) is 15.3. The van der Waals surface area contributed by atoms with Crippen LogP contribution >= 0.6 is 0 Å². The van der Waals surface area contributed by atoms with E-state index in [-0.39, 0.29) is 12.0 Å². The molecule has 0 spiro atoms. The lowest BCUT2D eigenvalue weighted by molar-refractivity contribution is 0.0570. The zero-order valence-corrected chi connectivity index (χ0v) is 12.2. The van der Waals surface area contributed by atoms with Gasteiger partial charge in [-0.15, -0.1) is 0 Å². The Balaban J connectivity index is 1.95. The number of carbonyl (C=O) groups is 2. The van der Waals surface area contributed by atoms with Crippen molar-refractivity contribution < 1.29 is 14.3 Å². The molecule has 2 amide bonds. The summed E-state index contributed by atoms with van der Waals surface area (Å²) in [4.78, 5) is 27.4. The van der Waals surface area contributed by atoms with Crippen LogP contribution in [0, 0.1) is 0 Å². The fourth-order valence-electron chi connectivity index (χ4n) is 2.32. The van der Waals surface area contributed by atoms with Gasteiger partial charge in [0, 0.05) is 38.3 Å². The maximum Gasteiger partial charge on any atom is 0.409 e. The van der Waals surface area contributed by atoms with Crippen LogP contribution in [0.25, 0.3) is 0 Å². The summed E-state index contributed by atoms with van der Waals surface area (Å²) in [5.41, 5.74) is 7.17. The van der Waals surface area contributed by atoms with E-state index in [0.29, 0.717) is 44.9 Å². The molecule has 21 heavy (non-hydrogen) atoms. The Hall–Kier alpha value is -2.08. The van der Waals surface area contributed by atoms with Gasteiger partial charge in [-0.3, -0.25) is 4.79 Å². The van der Waals surface area contributed by atoms with Gasteiger partial charge < -0.3 is 20.3 Å². The normalized spacial score (nSPS) is 15.0. The van der Waals surface area contributed by atoms with E-state index in [1.807, 2.05) is 18.2 Å². The van der Waals surface area contributed by atoms with Gasteiger partial charge in [-0.1, -0.05) is 12.1 Å². The van der Waals surface area contributed by atoms with Gasteiger partial charge in [0.25, 0.3) is 5.91 Å². The molecular formula is C15H21N3O3. The molecule has 0 atom stereocenters. The predicted molar refractivity (Wildman–Crippen MR) is 78.8 cm³/mol. The zero-order valence-electron chi connectivity index (χ0n) is 12.2. The number of ether oxygens (including phenoxy) is 1. The zero-order chi connectivity index (χ0) is 15.2. The number of amides is 2. The lowest BCUT2D eigenvalue weighted by Gasteiger charge is -2.34. The molecule has 2 rings (SSSR count). The van der Waals surface area contributed by atoms with Crippen molar-refractivity contribution in [2.75, 3.05) is 32.8 Å². The molecule has 1 aliphatic rings. The van der Waals surface area contributed by atoms with Gasteiger partial charge >= 0.3 is 6.09 Å². The topological polar surface area (TPSA) is 75.9 Å². The van der Waals surface area contributed by atoms with E-state index in [2.05, 4.69) is 0 Å². The molecule has 0 saturated carbocycles. The second kappa shape index (κ2) is 7.08. The van der Waals surface area contributed by atoms with E-state index in [1.165, 1.54) is 0 Å². The fraction of sp³-hybridized carbons (Fsp3) is 0.467. The first-order chi connectivity index (χ1) is 10.2. The van der Waals surface area contributed by atoms with Crippen molar-refractivity contribution in [3.63, 3.8) is 0 Å². The summed E-state index contributed by atoms with van der Waals surface area (Å²) in [5.74, 6) is -0.0196. The Morgan fingerprint density at radius 1 is 1.19 bits per heavy atom. The van der Waals surface area contributed by atoms with Gasteiger partial charge in [-0.2, -0.15) is 0 Å². The highest BCUT2D eigenvalue weighted by Gasteiger charge is 2.25. The standard InChI is InChI=1S/C15H21N3O3/c1-2-21-15(20)18-8-6-17(7-9-18)14(19)13-5-3-4-12(10-13)11-16/h3-5,10H,2,6-9,11,16H2,1H3. The molecule has 0 bridgehead atoms. The highest BCUT2D eigenvalue weighted by molar-refractivity contribution is 5.94. The molecular weight excluding hydrogens is 270 g/mol. The molecule has 114 valence electrons. The Morgan fingerprint density at radius 3 is 2.48 bits per heavy atom. The SMILES string of the molecule is CCOC(=O)N1CCN(C(=O)c2cccc(CN)c2)CC1. The average molecular weight is 291 g/mol. The molecule has 2 N–H and O–H groups in total. The molecule has 1 heterocycles. The number of nitrogens with two attached hydrogens (primary N) is 1. The van der Waals surface area contributed by atoms with Gasteiger partial charge in [-0.25, -0.2) is 4.79 Å². The molecule has 1 aromatic rings. The predicted octanol–water partition coefficient (Wildman–Crippen LogP) is 1.06. The highest BCUT2D eigenvalue weighted by atomic mass is 16.6. The molecule has 1 fully saturated rings. The third-order valence-corrected chi connectivity index (χ3v) is 3.50. The van der Waals surface area contributed by atoms with Crippen LogP contribution in [0.2, 0.25) is 0 Å². The molecule has 1 saturated heterocycles. The molecule has 0 unspecified atom stereocenters. The Morgan fingerprint density at radius 2 is 1.86 bits per heavy atom. The smallest absolute Gasteiger partial charge is 0.409 e. The number of nitrogens with zero attached hydrogens (tertiary/aromatic N) is 2. The van der Waals surface area contributed by atoms with Crippen molar-refractivity contribution >= 4 is 12.0 Å². The van der Waals surface area contributed by atoms with E-state index in [1.54, 1.807) is 22.8 Å². The minimum absolute atomic E-state index is 0.0196. The van der Waals surface area contributed by atoms with Gasteiger partial charge in [0.1, 0.15) is 0 Å². The fourth-order valence-corrected chi connectivity index (χ4v) is 2.32. The van der Waals surface area contributed by atoms with Crippen LogP contribution in [0.15, 0.2) is 24.3 Å². The second-order valence-electron chi connectivity index (χ2n) is 4.88. The van der Waals surface area contributed by atoms with Crippen molar-refractivity contribution in [2.45, 2.75) is 13.5 Å². The number of benzene rings is 1. The minimum Gasteiger partial charge on any atom is -0.450 e. The van der Waals surface area contributed by atoms with E-state index < -0.39 is 0 Å². The largest absolute Gasteiger partial charge is 0.450 e. The number of piperazine rings is 1. The lowest BCUT2D eigenvalue weighted by atomic mass is 10.1. The Kier molecular flexibility index (Phi) is 5.16. The van der Waals surface area contributed by atoms with Crippen molar-refractivity contribution in [2.24, 2.45) is 5.73 Å². The van der Waals surface area contributed by atoms with E-state index in [9.17, 15) is 9.59 Å². The Labute approximate surface area is 124 Å².